The number of benzene rings is 1. The first-order valence-electron chi connectivity index (χ1n) is 3.47. The second kappa shape index (κ2) is 3.73. The average molecular weight is 166 g/mol. The van der Waals surface area contributed by atoms with Crippen molar-refractivity contribution < 1.29 is 9.53 Å². The number of rotatable bonds is 3. The van der Waals surface area contributed by atoms with Crippen LogP contribution in [0.1, 0.15) is 10.4 Å². The zero-order valence-electron chi connectivity index (χ0n) is 6.49. The number of ether oxygens (including phenoxy) is 1. The van der Waals surface area contributed by atoms with Crippen LogP contribution in [0, 0.1) is 0 Å². The first kappa shape index (κ1) is 8.55. The maximum Gasteiger partial charge on any atom is 0.248 e. The van der Waals surface area contributed by atoms with E-state index in [1.54, 1.807) is 24.3 Å². The summed E-state index contributed by atoms with van der Waals surface area (Å²) in [6.45, 7) is 0.0855. The summed E-state index contributed by atoms with van der Waals surface area (Å²) < 4.78 is 4.97. The highest BCUT2D eigenvalue weighted by Crippen LogP contribution is 2.11. The van der Waals surface area contributed by atoms with E-state index in [2.05, 4.69) is 0 Å². The summed E-state index contributed by atoms with van der Waals surface area (Å²) in [5.74, 6) is 0.0753. The third kappa shape index (κ3) is 1.96. The predicted octanol–water partition coefficient (Wildman–Crippen LogP) is 0.0805. The normalized spacial score (nSPS) is 9.42. The molecule has 1 rings (SSSR count). The van der Waals surface area contributed by atoms with Crippen molar-refractivity contribution in [2.24, 2.45) is 11.5 Å². The molecule has 0 unspecified atom stereocenters. The van der Waals surface area contributed by atoms with Gasteiger partial charge in [0, 0.05) is 5.56 Å². The van der Waals surface area contributed by atoms with Crippen molar-refractivity contribution in [1.29, 1.82) is 0 Å². The van der Waals surface area contributed by atoms with Gasteiger partial charge < -0.3 is 10.5 Å². The first-order chi connectivity index (χ1) is 5.74. The topological polar surface area (TPSA) is 78.3 Å². The van der Waals surface area contributed by atoms with Gasteiger partial charge in [0.05, 0.1) is 0 Å². The molecule has 0 aromatic heterocycles. The van der Waals surface area contributed by atoms with Crippen molar-refractivity contribution in [3.05, 3.63) is 29.8 Å². The van der Waals surface area contributed by atoms with Crippen LogP contribution >= 0.6 is 0 Å². The molecule has 0 heterocycles. The fraction of sp³-hybridized carbons (Fsp3) is 0.125. The Morgan fingerprint density at radius 2 is 2.25 bits per heavy atom. The number of hydrogen-bond donors (Lipinski definition) is 2. The summed E-state index contributed by atoms with van der Waals surface area (Å²) in [6, 6.07) is 6.56. The van der Waals surface area contributed by atoms with Gasteiger partial charge in [-0.1, -0.05) is 6.07 Å². The van der Waals surface area contributed by atoms with Gasteiger partial charge in [0.2, 0.25) is 5.91 Å². The molecule has 0 fully saturated rings. The number of amides is 1. The Hall–Kier alpha value is -1.55. The molecule has 4 N–H and O–H groups in total. The van der Waals surface area contributed by atoms with Gasteiger partial charge in [0.15, 0.2) is 0 Å². The van der Waals surface area contributed by atoms with Crippen LogP contribution in [0.15, 0.2) is 24.3 Å². The molecule has 64 valence electrons. The third-order valence-electron chi connectivity index (χ3n) is 1.37. The molecule has 0 aliphatic carbocycles. The Morgan fingerprint density at radius 3 is 2.83 bits per heavy atom. The SMILES string of the molecule is NCOc1cccc(C(N)=O)c1. The number of carbonyl (C=O) groups is 1. The Balaban J connectivity index is 2.88. The molecule has 4 heteroatoms. The van der Waals surface area contributed by atoms with Crippen LogP contribution in [-0.2, 0) is 0 Å². The smallest absolute Gasteiger partial charge is 0.248 e. The van der Waals surface area contributed by atoms with Gasteiger partial charge in [0.1, 0.15) is 12.5 Å². The van der Waals surface area contributed by atoms with Crippen molar-refractivity contribution in [1.82, 2.24) is 0 Å². The molecule has 0 saturated carbocycles. The van der Waals surface area contributed by atoms with Gasteiger partial charge in [-0.15, -0.1) is 0 Å². The van der Waals surface area contributed by atoms with Crippen LogP contribution in [0.4, 0.5) is 0 Å². The molecule has 0 atom stereocenters. The van der Waals surface area contributed by atoms with Crippen LogP contribution < -0.4 is 16.2 Å². The van der Waals surface area contributed by atoms with Crippen molar-refractivity contribution in [2.45, 2.75) is 0 Å². The summed E-state index contributed by atoms with van der Waals surface area (Å²) in [5, 5.41) is 0. The van der Waals surface area contributed by atoms with Gasteiger partial charge in [-0.2, -0.15) is 0 Å². The lowest BCUT2D eigenvalue weighted by molar-refractivity contribution is 0.1000. The van der Waals surface area contributed by atoms with E-state index in [9.17, 15) is 4.79 Å². The van der Waals surface area contributed by atoms with E-state index in [4.69, 9.17) is 16.2 Å². The number of hydrogen-bond acceptors (Lipinski definition) is 3. The van der Waals surface area contributed by atoms with E-state index in [0.29, 0.717) is 11.3 Å². The molecule has 0 spiro atoms. The highest BCUT2D eigenvalue weighted by atomic mass is 16.5. The summed E-state index contributed by atoms with van der Waals surface area (Å²) >= 11 is 0. The minimum atomic E-state index is -0.475. The molecular formula is C8H10N2O2. The first-order valence-corrected chi connectivity index (χ1v) is 3.47. The number of primary amides is 1. The zero-order chi connectivity index (χ0) is 8.97. The quantitative estimate of drug-likeness (QED) is 0.624. The van der Waals surface area contributed by atoms with Gasteiger partial charge in [0.25, 0.3) is 0 Å². The standard InChI is InChI=1S/C8H10N2O2/c9-5-12-7-3-1-2-6(4-7)8(10)11/h1-4H,5,9H2,(H2,10,11). The Labute approximate surface area is 70.1 Å². The van der Waals surface area contributed by atoms with Crippen LogP contribution in [-0.4, -0.2) is 12.6 Å². The second-order valence-electron chi connectivity index (χ2n) is 2.20. The fourth-order valence-corrected chi connectivity index (χ4v) is 0.835. The molecule has 1 aromatic carbocycles. The molecular weight excluding hydrogens is 156 g/mol. The van der Waals surface area contributed by atoms with Crippen LogP contribution in [0.5, 0.6) is 5.75 Å². The minimum Gasteiger partial charge on any atom is -0.479 e. The van der Waals surface area contributed by atoms with Crippen molar-refractivity contribution in [2.75, 3.05) is 6.73 Å². The lowest BCUT2D eigenvalue weighted by Crippen LogP contribution is -2.12. The van der Waals surface area contributed by atoms with Crippen LogP contribution in [0.3, 0.4) is 0 Å². The molecule has 0 aliphatic rings. The van der Waals surface area contributed by atoms with Gasteiger partial charge in [-0.25, -0.2) is 0 Å². The van der Waals surface area contributed by atoms with E-state index < -0.39 is 5.91 Å². The molecule has 0 bridgehead atoms. The largest absolute Gasteiger partial charge is 0.479 e. The van der Waals surface area contributed by atoms with Crippen LogP contribution in [0.25, 0.3) is 0 Å². The molecule has 1 amide bonds. The van der Waals surface area contributed by atoms with E-state index in [1.807, 2.05) is 0 Å². The Kier molecular flexibility index (Phi) is 2.66. The number of nitrogens with two attached hydrogens (primary N) is 2. The fourth-order valence-electron chi connectivity index (χ4n) is 0.835. The summed E-state index contributed by atoms with van der Waals surface area (Å²) in [4.78, 5) is 10.7. The molecule has 0 aliphatic heterocycles. The molecule has 0 saturated heterocycles. The van der Waals surface area contributed by atoms with E-state index in [-0.39, 0.29) is 6.73 Å². The summed E-state index contributed by atoms with van der Waals surface area (Å²) in [5.41, 5.74) is 10.6. The lowest BCUT2D eigenvalue weighted by atomic mass is 10.2. The van der Waals surface area contributed by atoms with Gasteiger partial charge >= 0.3 is 0 Å². The summed E-state index contributed by atoms with van der Waals surface area (Å²) in [6.07, 6.45) is 0. The Bertz CT molecular complexity index is 286. The van der Waals surface area contributed by atoms with E-state index in [0.717, 1.165) is 0 Å². The van der Waals surface area contributed by atoms with E-state index in [1.165, 1.54) is 0 Å². The monoisotopic (exact) mass is 166 g/mol. The van der Waals surface area contributed by atoms with Crippen molar-refractivity contribution in [3.63, 3.8) is 0 Å². The second-order valence-corrected chi connectivity index (χ2v) is 2.20. The predicted molar refractivity (Wildman–Crippen MR) is 44.6 cm³/mol. The molecule has 12 heavy (non-hydrogen) atoms. The highest BCUT2D eigenvalue weighted by molar-refractivity contribution is 5.93. The van der Waals surface area contributed by atoms with Crippen LogP contribution in [0.2, 0.25) is 0 Å². The molecule has 1 aromatic rings. The van der Waals surface area contributed by atoms with Crippen molar-refractivity contribution >= 4 is 5.91 Å². The Morgan fingerprint density at radius 1 is 1.50 bits per heavy atom. The van der Waals surface area contributed by atoms with Gasteiger partial charge in [-0.3, -0.25) is 10.5 Å². The molecule has 0 radical (unpaired) electrons. The zero-order valence-corrected chi connectivity index (χ0v) is 6.49. The van der Waals surface area contributed by atoms with Crippen molar-refractivity contribution in [3.8, 4) is 5.75 Å². The number of carbonyl (C=O) groups excluding carboxylic acids is 1. The van der Waals surface area contributed by atoms with Gasteiger partial charge in [-0.05, 0) is 18.2 Å². The maximum atomic E-state index is 10.7. The van der Waals surface area contributed by atoms with E-state index >= 15 is 0 Å². The molecule has 4 nitrogen and oxygen atoms in total. The average Bonchev–Trinajstić information content (AvgIpc) is 2.05. The lowest BCUT2D eigenvalue weighted by Gasteiger charge is -2.02. The third-order valence-corrected chi connectivity index (χ3v) is 1.37. The minimum absolute atomic E-state index is 0.0855. The highest BCUT2D eigenvalue weighted by Gasteiger charge is 2.00. The summed E-state index contributed by atoms with van der Waals surface area (Å²) in [7, 11) is 0. The maximum absolute atomic E-state index is 10.7.